The molecule has 1 aromatic rings. The van der Waals surface area contributed by atoms with Crippen molar-refractivity contribution in [2.24, 2.45) is 0 Å². The molecule has 0 heterocycles. The minimum atomic E-state index is -0.0554. The Labute approximate surface area is 79.4 Å². The van der Waals surface area contributed by atoms with E-state index in [0.717, 1.165) is 5.56 Å². The zero-order valence-electron chi connectivity index (χ0n) is 7.65. The van der Waals surface area contributed by atoms with Gasteiger partial charge in [0.2, 0.25) is 0 Å². The van der Waals surface area contributed by atoms with E-state index in [-0.39, 0.29) is 6.10 Å². The number of hydrogen-bond acceptors (Lipinski definition) is 1. The second-order valence-corrected chi connectivity index (χ2v) is 2.73. The molecular weight excluding hydrogens is 160 g/mol. The lowest BCUT2D eigenvalue weighted by Gasteiger charge is -2.08. The van der Waals surface area contributed by atoms with Crippen LogP contribution in [0.5, 0.6) is 0 Å². The smallest absolute Gasteiger partial charge is 0.0936 e. The van der Waals surface area contributed by atoms with Crippen LogP contribution in [-0.2, 0) is 11.3 Å². The Kier molecular flexibility index (Phi) is 4.00. The third kappa shape index (κ3) is 3.26. The summed E-state index contributed by atoms with van der Waals surface area (Å²) < 4.78 is 5.49. The third-order valence-electron chi connectivity index (χ3n) is 1.75. The van der Waals surface area contributed by atoms with Gasteiger partial charge in [-0.1, -0.05) is 42.5 Å². The number of benzene rings is 1. The fraction of sp³-hybridized carbons (Fsp3) is 0.167. The number of hydrogen-bond donors (Lipinski definition) is 0. The van der Waals surface area contributed by atoms with Crippen LogP contribution in [0.25, 0.3) is 0 Å². The summed E-state index contributed by atoms with van der Waals surface area (Å²) in [5.41, 5.74) is 1.16. The first kappa shape index (κ1) is 9.75. The summed E-state index contributed by atoms with van der Waals surface area (Å²) in [5.74, 6) is 0. The van der Waals surface area contributed by atoms with E-state index >= 15 is 0 Å². The zero-order valence-corrected chi connectivity index (χ0v) is 7.65. The van der Waals surface area contributed by atoms with Crippen LogP contribution in [-0.4, -0.2) is 6.10 Å². The van der Waals surface area contributed by atoms with Crippen LogP contribution in [0.4, 0.5) is 0 Å². The number of rotatable bonds is 5. The van der Waals surface area contributed by atoms with Gasteiger partial charge in [-0.05, 0) is 5.56 Å². The highest BCUT2D eigenvalue weighted by molar-refractivity contribution is 5.13. The maximum Gasteiger partial charge on any atom is 0.0936 e. The molecule has 0 atom stereocenters. The predicted octanol–water partition coefficient (Wildman–Crippen LogP) is 2.94. The van der Waals surface area contributed by atoms with Crippen molar-refractivity contribution in [2.45, 2.75) is 12.7 Å². The van der Waals surface area contributed by atoms with Crippen LogP contribution in [0.1, 0.15) is 5.56 Å². The van der Waals surface area contributed by atoms with Gasteiger partial charge in [0.05, 0.1) is 12.7 Å². The van der Waals surface area contributed by atoms with Gasteiger partial charge in [0.15, 0.2) is 0 Å². The molecular formula is C12H14O. The Hall–Kier alpha value is -1.34. The monoisotopic (exact) mass is 174 g/mol. The average Bonchev–Trinajstić information content (AvgIpc) is 2.21. The van der Waals surface area contributed by atoms with Crippen molar-refractivity contribution in [1.82, 2.24) is 0 Å². The molecule has 0 bridgehead atoms. The predicted molar refractivity (Wildman–Crippen MR) is 55.4 cm³/mol. The van der Waals surface area contributed by atoms with Gasteiger partial charge in [-0.25, -0.2) is 0 Å². The van der Waals surface area contributed by atoms with Gasteiger partial charge in [-0.3, -0.25) is 0 Å². The van der Waals surface area contributed by atoms with E-state index in [1.54, 1.807) is 12.2 Å². The molecule has 0 aliphatic heterocycles. The molecule has 1 aromatic carbocycles. The highest BCUT2D eigenvalue weighted by atomic mass is 16.5. The first-order valence-corrected chi connectivity index (χ1v) is 4.27. The van der Waals surface area contributed by atoms with Gasteiger partial charge in [-0.2, -0.15) is 0 Å². The lowest BCUT2D eigenvalue weighted by molar-refractivity contribution is 0.102. The molecule has 0 radical (unpaired) electrons. The summed E-state index contributed by atoms with van der Waals surface area (Å²) in [6.07, 6.45) is 3.41. The van der Waals surface area contributed by atoms with Crippen LogP contribution >= 0.6 is 0 Å². The molecule has 0 aromatic heterocycles. The van der Waals surface area contributed by atoms with Crippen molar-refractivity contribution in [3.8, 4) is 0 Å². The van der Waals surface area contributed by atoms with Crippen molar-refractivity contribution in [3.63, 3.8) is 0 Å². The maximum absolute atomic E-state index is 5.49. The van der Waals surface area contributed by atoms with E-state index in [0.29, 0.717) is 6.61 Å². The van der Waals surface area contributed by atoms with E-state index < -0.39 is 0 Å². The first-order valence-electron chi connectivity index (χ1n) is 4.27. The molecule has 1 nitrogen and oxygen atoms in total. The highest BCUT2D eigenvalue weighted by Crippen LogP contribution is 2.04. The van der Waals surface area contributed by atoms with Gasteiger partial charge in [-0.15, -0.1) is 13.2 Å². The standard InChI is InChI=1S/C12H14O/c1-3-12(4-2)13-10-11-8-6-5-7-9-11/h3-9,12H,1-2,10H2. The summed E-state index contributed by atoms with van der Waals surface area (Å²) >= 11 is 0. The van der Waals surface area contributed by atoms with Gasteiger partial charge < -0.3 is 4.74 Å². The van der Waals surface area contributed by atoms with Crippen molar-refractivity contribution in [2.75, 3.05) is 0 Å². The van der Waals surface area contributed by atoms with Gasteiger partial charge in [0.25, 0.3) is 0 Å². The second-order valence-electron chi connectivity index (χ2n) is 2.73. The molecule has 0 fully saturated rings. The molecule has 0 aliphatic rings. The molecule has 0 spiro atoms. The van der Waals surface area contributed by atoms with Crippen molar-refractivity contribution in [3.05, 3.63) is 61.2 Å². The Balaban J connectivity index is 2.42. The minimum Gasteiger partial charge on any atom is -0.365 e. The molecule has 1 heteroatoms. The van der Waals surface area contributed by atoms with Crippen molar-refractivity contribution >= 4 is 0 Å². The molecule has 0 aliphatic carbocycles. The maximum atomic E-state index is 5.49. The molecule has 0 saturated heterocycles. The molecule has 68 valence electrons. The van der Waals surface area contributed by atoms with Crippen LogP contribution < -0.4 is 0 Å². The Bertz CT molecular complexity index is 256. The van der Waals surface area contributed by atoms with Gasteiger partial charge in [0, 0.05) is 0 Å². The Morgan fingerprint density at radius 3 is 2.31 bits per heavy atom. The normalized spacial score (nSPS) is 9.92. The molecule has 0 unspecified atom stereocenters. The average molecular weight is 174 g/mol. The summed E-state index contributed by atoms with van der Waals surface area (Å²) in [6.45, 7) is 7.90. The summed E-state index contributed by atoms with van der Waals surface area (Å²) in [6, 6.07) is 10.0. The second kappa shape index (κ2) is 5.33. The quantitative estimate of drug-likeness (QED) is 0.623. The summed E-state index contributed by atoms with van der Waals surface area (Å²) in [7, 11) is 0. The lowest BCUT2D eigenvalue weighted by atomic mass is 10.2. The van der Waals surface area contributed by atoms with E-state index in [1.807, 2.05) is 30.3 Å². The zero-order chi connectivity index (χ0) is 9.52. The molecule has 1 rings (SSSR count). The van der Waals surface area contributed by atoms with Crippen LogP contribution in [0.2, 0.25) is 0 Å². The first-order chi connectivity index (χ1) is 6.36. The molecule has 0 saturated carbocycles. The van der Waals surface area contributed by atoms with Crippen molar-refractivity contribution < 1.29 is 4.74 Å². The minimum absolute atomic E-state index is 0.0554. The molecule has 0 amide bonds. The van der Waals surface area contributed by atoms with Gasteiger partial charge in [0.1, 0.15) is 0 Å². The summed E-state index contributed by atoms with van der Waals surface area (Å²) in [4.78, 5) is 0. The van der Waals surface area contributed by atoms with E-state index in [9.17, 15) is 0 Å². The van der Waals surface area contributed by atoms with Crippen LogP contribution in [0.15, 0.2) is 55.6 Å². The van der Waals surface area contributed by atoms with E-state index in [2.05, 4.69) is 13.2 Å². The van der Waals surface area contributed by atoms with E-state index in [1.165, 1.54) is 0 Å². The number of ether oxygens (including phenoxy) is 1. The fourth-order valence-electron chi connectivity index (χ4n) is 0.999. The third-order valence-corrected chi connectivity index (χ3v) is 1.75. The highest BCUT2D eigenvalue weighted by Gasteiger charge is 1.97. The largest absolute Gasteiger partial charge is 0.365 e. The Morgan fingerprint density at radius 1 is 1.15 bits per heavy atom. The van der Waals surface area contributed by atoms with Crippen LogP contribution in [0.3, 0.4) is 0 Å². The Morgan fingerprint density at radius 2 is 1.77 bits per heavy atom. The van der Waals surface area contributed by atoms with Crippen LogP contribution in [0, 0.1) is 0 Å². The summed E-state index contributed by atoms with van der Waals surface area (Å²) in [5, 5.41) is 0. The molecule has 13 heavy (non-hydrogen) atoms. The lowest BCUT2D eigenvalue weighted by Crippen LogP contribution is -2.05. The topological polar surface area (TPSA) is 9.23 Å². The van der Waals surface area contributed by atoms with Gasteiger partial charge >= 0.3 is 0 Å². The fourth-order valence-corrected chi connectivity index (χ4v) is 0.999. The van der Waals surface area contributed by atoms with E-state index in [4.69, 9.17) is 4.74 Å². The van der Waals surface area contributed by atoms with Crippen molar-refractivity contribution in [1.29, 1.82) is 0 Å². The molecule has 0 N–H and O–H groups in total. The SMILES string of the molecule is C=CC(C=C)OCc1ccccc1.